The van der Waals surface area contributed by atoms with Crippen LogP contribution in [0.5, 0.6) is 0 Å². The zero-order valence-electron chi connectivity index (χ0n) is 18.5. The smallest absolute Gasteiger partial charge is 0.287 e. The Labute approximate surface area is 197 Å². The summed E-state index contributed by atoms with van der Waals surface area (Å²) >= 11 is 0. The largest absolute Gasteiger partial charge is 0.459 e. The van der Waals surface area contributed by atoms with Crippen molar-refractivity contribution in [2.45, 2.75) is 17.4 Å². The Kier molecular flexibility index (Phi) is 7.82. The van der Waals surface area contributed by atoms with E-state index in [-0.39, 0.29) is 22.6 Å². The van der Waals surface area contributed by atoms with Crippen molar-refractivity contribution in [3.05, 3.63) is 89.9 Å². The number of hydrazine groups is 1. The minimum absolute atomic E-state index is 0.0301. The molecule has 0 aliphatic rings. The topological polar surface area (TPSA) is 138 Å². The van der Waals surface area contributed by atoms with Crippen LogP contribution >= 0.6 is 0 Å². The van der Waals surface area contributed by atoms with Gasteiger partial charge in [0.1, 0.15) is 6.04 Å². The predicted octanol–water partition coefficient (Wildman–Crippen LogP) is 1.33. The normalized spacial score (nSPS) is 12.1. The molecule has 0 saturated carbocycles. The molecule has 3 rings (SSSR count). The van der Waals surface area contributed by atoms with Gasteiger partial charge in [-0.25, -0.2) is 12.7 Å². The molecular formula is C23H24N4O6S. The highest BCUT2D eigenvalue weighted by atomic mass is 32.2. The number of sulfonamides is 1. The lowest BCUT2D eigenvalue weighted by atomic mass is 10.1. The molecule has 0 aliphatic carbocycles. The fourth-order valence-electron chi connectivity index (χ4n) is 2.98. The third-order valence-electron chi connectivity index (χ3n) is 4.82. The van der Waals surface area contributed by atoms with Gasteiger partial charge in [-0.1, -0.05) is 36.4 Å². The molecule has 0 saturated heterocycles. The molecule has 0 aliphatic heterocycles. The van der Waals surface area contributed by atoms with Crippen LogP contribution in [0.4, 0.5) is 0 Å². The summed E-state index contributed by atoms with van der Waals surface area (Å²) in [4.78, 5) is 37.7. The molecular weight excluding hydrogens is 460 g/mol. The van der Waals surface area contributed by atoms with Crippen molar-refractivity contribution in [3.63, 3.8) is 0 Å². The second kappa shape index (κ2) is 10.8. The third-order valence-corrected chi connectivity index (χ3v) is 6.63. The standard InChI is InChI=1S/C23H24N4O6S/c1-27(2)34(31,32)18-11-6-10-17(15-18)21(28)25-26-22(29)19(14-16-8-4-3-5-9-16)24-23(30)20-12-7-13-33-20/h3-13,15,19H,14H2,1-2H3,(H,24,30)(H,25,28)(H,26,29)/t19-/m0/s1. The zero-order valence-corrected chi connectivity index (χ0v) is 19.3. The highest BCUT2D eigenvalue weighted by Crippen LogP contribution is 2.15. The van der Waals surface area contributed by atoms with Crippen molar-refractivity contribution < 1.29 is 27.2 Å². The average Bonchev–Trinajstić information content (AvgIpc) is 3.38. The quantitative estimate of drug-likeness (QED) is 0.413. The van der Waals surface area contributed by atoms with Crippen LogP contribution in [-0.2, 0) is 21.2 Å². The van der Waals surface area contributed by atoms with Crippen LogP contribution in [0.1, 0.15) is 26.5 Å². The van der Waals surface area contributed by atoms with Crippen molar-refractivity contribution in [1.82, 2.24) is 20.5 Å². The van der Waals surface area contributed by atoms with E-state index in [1.54, 1.807) is 30.3 Å². The lowest BCUT2D eigenvalue weighted by Gasteiger charge is -2.18. The Morgan fingerprint density at radius 2 is 1.65 bits per heavy atom. The van der Waals surface area contributed by atoms with Crippen LogP contribution in [0, 0.1) is 0 Å². The molecule has 1 heterocycles. The van der Waals surface area contributed by atoms with Crippen molar-refractivity contribution in [3.8, 4) is 0 Å². The summed E-state index contributed by atoms with van der Waals surface area (Å²) in [5.41, 5.74) is 5.37. The summed E-state index contributed by atoms with van der Waals surface area (Å²) in [6, 6.07) is 16.4. The second-order valence-corrected chi connectivity index (χ2v) is 9.60. The van der Waals surface area contributed by atoms with Gasteiger partial charge in [-0.15, -0.1) is 0 Å². The van der Waals surface area contributed by atoms with Gasteiger partial charge in [0.05, 0.1) is 11.2 Å². The Morgan fingerprint density at radius 1 is 0.912 bits per heavy atom. The summed E-state index contributed by atoms with van der Waals surface area (Å²) < 4.78 is 30.7. The molecule has 0 radical (unpaired) electrons. The number of carbonyl (C=O) groups excluding carboxylic acids is 3. The SMILES string of the molecule is CN(C)S(=O)(=O)c1cccc(C(=O)NNC(=O)[C@H](Cc2ccccc2)NC(=O)c2ccco2)c1. The molecule has 3 amide bonds. The average molecular weight is 485 g/mol. The van der Waals surface area contributed by atoms with Gasteiger partial charge in [-0.05, 0) is 35.9 Å². The summed E-state index contributed by atoms with van der Waals surface area (Å²) in [6.45, 7) is 0. The Balaban J connectivity index is 1.71. The molecule has 3 aromatic rings. The maximum absolute atomic E-state index is 12.8. The first-order valence-electron chi connectivity index (χ1n) is 10.2. The molecule has 0 spiro atoms. The number of rotatable bonds is 8. The summed E-state index contributed by atoms with van der Waals surface area (Å²) in [7, 11) is -0.975. The Bertz CT molecular complexity index is 1260. The van der Waals surface area contributed by atoms with Gasteiger partial charge in [0.15, 0.2) is 5.76 Å². The molecule has 0 bridgehead atoms. The van der Waals surface area contributed by atoms with Gasteiger partial charge >= 0.3 is 0 Å². The van der Waals surface area contributed by atoms with Gasteiger partial charge in [0, 0.05) is 26.1 Å². The summed E-state index contributed by atoms with van der Waals surface area (Å²) in [5.74, 6) is -1.95. The van der Waals surface area contributed by atoms with Gasteiger partial charge in [-0.3, -0.25) is 25.2 Å². The van der Waals surface area contributed by atoms with E-state index in [2.05, 4.69) is 16.2 Å². The number of carbonyl (C=O) groups is 3. The first-order valence-corrected chi connectivity index (χ1v) is 11.6. The second-order valence-electron chi connectivity index (χ2n) is 7.45. The van der Waals surface area contributed by atoms with Gasteiger partial charge < -0.3 is 9.73 Å². The maximum Gasteiger partial charge on any atom is 0.287 e. The fraction of sp³-hybridized carbons (Fsp3) is 0.174. The Hall–Kier alpha value is -3.96. The van der Waals surface area contributed by atoms with Crippen molar-refractivity contribution in [2.24, 2.45) is 0 Å². The molecule has 10 nitrogen and oxygen atoms in total. The summed E-state index contributed by atoms with van der Waals surface area (Å²) in [6.07, 6.45) is 1.50. The number of amides is 3. The number of hydrogen-bond acceptors (Lipinski definition) is 6. The number of nitrogens with one attached hydrogen (secondary N) is 3. The van der Waals surface area contributed by atoms with E-state index in [4.69, 9.17) is 4.42 Å². The number of furan rings is 1. The first kappa shape index (κ1) is 24.7. The van der Waals surface area contributed by atoms with Crippen LogP contribution in [0.15, 0.2) is 82.3 Å². The molecule has 1 aromatic heterocycles. The van der Waals surface area contributed by atoms with Crippen LogP contribution in [-0.4, -0.2) is 50.6 Å². The number of hydrogen-bond donors (Lipinski definition) is 3. The molecule has 0 fully saturated rings. The van der Waals surface area contributed by atoms with E-state index in [0.717, 1.165) is 9.87 Å². The van der Waals surface area contributed by atoms with Gasteiger partial charge in [0.2, 0.25) is 10.0 Å². The van der Waals surface area contributed by atoms with E-state index in [0.29, 0.717) is 0 Å². The number of benzene rings is 2. The van der Waals surface area contributed by atoms with Crippen molar-refractivity contribution in [1.29, 1.82) is 0 Å². The fourth-order valence-corrected chi connectivity index (χ4v) is 3.93. The molecule has 11 heteroatoms. The van der Waals surface area contributed by atoms with Crippen molar-refractivity contribution in [2.75, 3.05) is 14.1 Å². The third kappa shape index (κ3) is 6.09. The molecule has 34 heavy (non-hydrogen) atoms. The molecule has 0 unspecified atom stereocenters. The Morgan fingerprint density at radius 3 is 2.29 bits per heavy atom. The monoisotopic (exact) mass is 484 g/mol. The first-order chi connectivity index (χ1) is 16.2. The molecule has 178 valence electrons. The number of nitrogens with zero attached hydrogens (tertiary/aromatic N) is 1. The van der Waals surface area contributed by atoms with E-state index < -0.39 is 33.8 Å². The summed E-state index contributed by atoms with van der Waals surface area (Å²) in [5, 5.41) is 2.59. The van der Waals surface area contributed by atoms with Crippen LogP contribution in [0.3, 0.4) is 0 Å². The van der Waals surface area contributed by atoms with E-state index in [1.807, 2.05) is 6.07 Å². The van der Waals surface area contributed by atoms with Crippen LogP contribution in [0.25, 0.3) is 0 Å². The van der Waals surface area contributed by atoms with E-state index >= 15 is 0 Å². The highest BCUT2D eigenvalue weighted by molar-refractivity contribution is 7.89. The van der Waals surface area contributed by atoms with E-state index in [1.165, 1.54) is 50.7 Å². The van der Waals surface area contributed by atoms with Crippen LogP contribution < -0.4 is 16.2 Å². The predicted molar refractivity (Wildman–Crippen MR) is 123 cm³/mol. The highest BCUT2D eigenvalue weighted by Gasteiger charge is 2.24. The van der Waals surface area contributed by atoms with Crippen LogP contribution in [0.2, 0.25) is 0 Å². The maximum atomic E-state index is 12.8. The van der Waals surface area contributed by atoms with Gasteiger partial charge in [-0.2, -0.15) is 0 Å². The molecule has 1 atom stereocenters. The molecule has 3 N–H and O–H groups in total. The van der Waals surface area contributed by atoms with Crippen molar-refractivity contribution >= 4 is 27.7 Å². The van der Waals surface area contributed by atoms with E-state index in [9.17, 15) is 22.8 Å². The lowest BCUT2D eigenvalue weighted by Crippen LogP contribution is -2.53. The van der Waals surface area contributed by atoms with Gasteiger partial charge in [0.25, 0.3) is 17.7 Å². The minimum Gasteiger partial charge on any atom is -0.459 e. The zero-order chi connectivity index (χ0) is 24.7. The minimum atomic E-state index is -3.74. The lowest BCUT2D eigenvalue weighted by molar-refractivity contribution is -0.123. The molecule has 2 aromatic carbocycles.